The summed E-state index contributed by atoms with van der Waals surface area (Å²) in [7, 11) is 0. The molecule has 0 N–H and O–H groups in total. The number of thiazole rings is 1. The molecule has 206 valence electrons. The van der Waals surface area contributed by atoms with Crippen LogP contribution in [-0.4, -0.2) is 32.1 Å². The van der Waals surface area contributed by atoms with Gasteiger partial charge in [0, 0.05) is 11.1 Å². The molecule has 2 aromatic heterocycles. The van der Waals surface area contributed by atoms with Gasteiger partial charge in [-0.3, -0.25) is 9.36 Å². The van der Waals surface area contributed by atoms with E-state index in [1.165, 1.54) is 11.3 Å². The molecule has 0 amide bonds. The lowest BCUT2D eigenvalue weighted by atomic mass is 9.96. The second kappa shape index (κ2) is 11.3. The molecule has 1 atom stereocenters. The molecule has 0 saturated heterocycles. The van der Waals surface area contributed by atoms with E-state index in [0.717, 1.165) is 27.9 Å². The van der Waals surface area contributed by atoms with Gasteiger partial charge in [0.2, 0.25) is 0 Å². The van der Waals surface area contributed by atoms with E-state index in [0.29, 0.717) is 26.3 Å². The van der Waals surface area contributed by atoms with E-state index in [1.807, 2.05) is 91.1 Å². The van der Waals surface area contributed by atoms with Gasteiger partial charge in [0.15, 0.2) is 4.80 Å². The number of aromatic nitrogens is 4. The molecule has 3 heterocycles. The fourth-order valence-electron chi connectivity index (χ4n) is 4.94. The SMILES string of the molecule is C#Cc1cccc(-c2cn(-c3cccc(/C=c4\sc5n(c4=O)C(c4ccccc4)C(C(=O)OCC)=C(C)N=5)c3)nn2)c1. The van der Waals surface area contributed by atoms with E-state index >= 15 is 0 Å². The largest absolute Gasteiger partial charge is 0.463 e. The van der Waals surface area contributed by atoms with Gasteiger partial charge in [-0.15, -0.1) is 11.5 Å². The summed E-state index contributed by atoms with van der Waals surface area (Å²) in [6.45, 7) is 3.76. The molecule has 42 heavy (non-hydrogen) atoms. The Morgan fingerprint density at radius 2 is 1.90 bits per heavy atom. The fourth-order valence-corrected chi connectivity index (χ4v) is 5.99. The minimum atomic E-state index is -0.642. The van der Waals surface area contributed by atoms with Crippen LogP contribution in [0.5, 0.6) is 0 Å². The Bertz CT molecular complexity index is 2080. The summed E-state index contributed by atoms with van der Waals surface area (Å²) in [5, 5.41) is 8.62. The summed E-state index contributed by atoms with van der Waals surface area (Å²) < 4.78 is 9.12. The van der Waals surface area contributed by atoms with Gasteiger partial charge in [-0.1, -0.05) is 77.1 Å². The summed E-state index contributed by atoms with van der Waals surface area (Å²) in [6.07, 6.45) is 9.21. The van der Waals surface area contributed by atoms with E-state index < -0.39 is 12.0 Å². The fraction of sp³-hybridized carbons (Fsp3) is 0.121. The second-order valence-corrected chi connectivity index (χ2v) is 10.6. The molecule has 0 spiro atoms. The molecule has 0 radical (unpaired) electrons. The number of esters is 1. The maximum Gasteiger partial charge on any atom is 0.338 e. The summed E-state index contributed by atoms with van der Waals surface area (Å²) in [5.41, 5.74) is 5.39. The van der Waals surface area contributed by atoms with Crippen LogP contribution in [-0.2, 0) is 9.53 Å². The topological polar surface area (TPSA) is 91.4 Å². The van der Waals surface area contributed by atoms with Crippen molar-refractivity contribution in [2.45, 2.75) is 19.9 Å². The lowest BCUT2D eigenvalue weighted by Crippen LogP contribution is -2.39. The third kappa shape index (κ3) is 5.00. The van der Waals surface area contributed by atoms with Crippen LogP contribution < -0.4 is 14.9 Å². The molecule has 8 nitrogen and oxygen atoms in total. The Kier molecular flexibility index (Phi) is 7.21. The molecule has 1 aliphatic heterocycles. The molecule has 5 aromatic rings. The highest BCUT2D eigenvalue weighted by Gasteiger charge is 2.33. The summed E-state index contributed by atoms with van der Waals surface area (Å²) >= 11 is 1.28. The maximum absolute atomic E-state index is 13.9. The number of rotatable bonds is 6. The quantitative estimate of drug-likeness (QED) is 0.227. The maximum atomic E-state index is 13.9. The van der Waals surface area contributed by atoms with Gasteiger partial charge in [0.1, 0.15) is 5.69 Å². The molecule has 1 unspecified atom stereocenters. The first-order valence-electron chi connectivity index (χ1n) is 13.3. The van der Waals surface area contributed by atoms with E-state index in [1.54, 1.807) is 23.1 Å². The first kappa shape index (κ1) is 26.9. The first-order valence-corrected chi connectivity index (χ1v) is 14.1. The molecule has 0 saturated carbocycles. The van der Waals surface area contributed by atoms with Crippen molar-refractivity contribution in [3.05, 3.63) is 133 Å². The Labute approximate surface area is 245 Å². The monoisotopic (exact) mass is 571 g/mol. The molecule has 9 heteroatoms. The molecule has 1 aliphatic rings. The number of nitrogens with zero attached hydrogens (tertiary/aromatic N) is 5. The number of hydrogen-bond acceptors (Lipinski definition) is 7. The lowest BCUT2D eigenvalue weighted by molar-refractivity contribution is -0.139. The van der Waals surface area contributed by atoms with Gasteiger partial charge in [-0.05, 0) is 55.3 Å². The van der Waals surface area contributed by atoms with Crippen molar-refractivity contribution in [1.82, 2.24) is 19.6 Å². The van der Waals surface area contributed by atoms with Crippen molar-refractivity contribution in [2.24, 2.45) is 4.99 Å². The van der Waals surface area contributed by atoms with Crippen LogP contribution in [0.3, 0.4) is 0 Å². The van der Waals surface area contributed by atoms with Gasteiger partial charge in [0.05, 0.1) is 40.3 Å². The Morgan fingerprint density at radius 3 is 2.69 bits per heavy atom. The van der Waals surface area contributed by atoms with Crippen molar-refractivity contribution >= 4 is 23.4 Å². The highest BCUT2D eigenvalue weighted by molar-refractivity contribution is 7.07. The average Bonchev–Trinajstić information content (AvgIpc) is 3.62. The zero-order chi connectivity index (χ0) is 29.2. The smallest absolute Gasteiger partial charge is 0.338 e. The third-order valence-electron chi connectivity index (χ3n) is 6.88. The number of terminal acetylenes is 1. The van der Waals surface area contributed by atoms with E-state index in [9.17, 15) is 9.59 Å². The van der Waals surface area contributed by atoms with Crippen LogP contribution in [0.4, 0.5) is 0 Å². The molecule has 6 rings (SSSR count). The predicted molar refractivity (Wildman–Crippen MR) is 162 cm³/mol. The highest BCUT2D eigenvalue weighted by Crippen LogP contribution is 2.30. The van der Waals surface area contributed by atoms with Crippen LogP contribution in [0.25, 0.3) is 23.0 Å². The molecular formula is C33H25N5O3S. The van der Waals surface area contributed by atoms with Gasteiger partial charge < -0.3 is 4.74 Å². The zero-order valence-corrected chi connectivity index (χ0v) is 23.7. The van der Waals surface area contributed by atoms with Crippen molar-refractivity contribution in [3.63, 3.8) is 0 Å². The predicted octanol–water partition coefficient (Wildman–Crippen LogP) is 4.03. The number of benzene rings is 3. The summed E-state index contributed by atoms with van der Waals surface area (Å²) in [5.74, 6) is 2.16. The van der Waals surface area contributed by atoms with Crippen LogP contribution in [0.2, 0.25) is 0 Å². The van der Waals surface area contributed by atoms with E-state index in [-0.39, 0.29) is 12.2 Å². The number of hydrogen-bond donors (Lipinski definition) is 0. The lowest BCUT2D eigenvalue weighted by Gasteiger charge is -2.24. The molecule has 0 bridgehead atoms. The van der Waals surface area contributed by atoms with Crippen LogP contribution in [0, 0.1) is 12.3 Å². The van der Waals surface area contributed by atoms with Gasteiger partial charge in [0.25, 0.3) is 5.56 Å². The average molecular weight is 572 g/mol. The molecule has 0 fully saturated rings. The van der Waals surface area contributed by atoms with Gasteiger partial charge in [-0.25, -0.2) is 14.5 Å². The molecule has 0 aliphatic carbocycles. The minimum absolute atomic E-state index is 0.225. The Hall–Kier alpha value is -5.33. The van der Waals surface area contributed by atoms with Crippen molar-refractivity contribution < 1.29 is 9.53 Å². The van der Waals surface area contributed by atoms with Crippen molar-refractivity contribution in [1.29, 1.82) is 0 Å². The van der Waals surface area contributed by atoms with Crippen LogP contribution >= 0.6 is 11.3 Å². The Balaban J connectivity index is 1.41. The van der Waals surface area contributed by atoms with E-state index in [2.05, 4.69) is 21.2 Å². The standard InChI is InChI=1S/C33H25N5O3S/c1-4-22-11-9-15-25(17-22)27-20-37(36-35-27)26-16-10-12-23(18-26)19-28-31(39)38-30(24-13-7-6-8-14-24)29(32(40)41-5-2)21(3)34-33(38)42-28/h1,6-20,30H,5H2,2-3H3/b28-19-. The van der Waals surface area contributed by atoms with Crippen molar-refractivity contribution in [2.75, 3.05) is 6.61 Å². The van der Waals surface area contributed by atoms with Crippen LogP contribution in [0.1, 0.15) is 36.6 Å². The summed E-state index contributed by atoms with van der Waals surface area (Å²) in [4.78, 5) is 32.1. The van der Waals surface area contributed by atoms with Gasteiger partial charge in [-0.2, -0.15) is 0 Å². The number of fused-ring (bicyclic) bond motifs is 1. The first-order chi connectivity index (χ1) is 20.5. The zero-order valence-electron chi connectivity index (χ0n) is 22.9. The normalized spacial score (nSPS) is 14.7. The Morgan fingerprint density at radius 1 is 1.10 bits per heavy atom. The van der Waals surface area contributed by atoms with Crippen molar-refractivity contribution in [3.8, 4) is 29.3 Å². The number of carbonyl (C=O) groups excluding carboxylic acids is 1. The molecule has 3 aromatic carbocycles. The van der Waals surface area contributed by atoms with Gasteiger partial charge >= 0.3 is 5.97 Å². The van der Waals surface area contributed by atoms with E-state index in [4.69, 9.17) is 11.2 Å². The second-order valence-electron chi connectivity index (χ2n) is 9.58. The minimum Gasteiger partial charge on any atom is -0.463 e. The highest BCUT2D eigenvalue weighted by atomic mass is 32.1. The van der Waals surface area contributed by atoms with Crippen LogP contribution in [0.15, 0.2) is 106 Å². The number of ether oxygens (including phenoxy) is 1. The molecular weight excluding hydrogens is 546 g/mol. The summed E-state index contributed by atoms with van der Waals surface area (Å²) in [6, 6.07) is 24.1. The number of allylic oxidation sites excluding steroid dienone is 1. The number of carbonyl (C=O) groups is 1. The third-order valence-corrected chi connectivity index (χ3v) is 7.87.